The quantitative estimate of drug-likeness (QED) is 0.894. The Kier molecular flexibility index (Phi) is 4.40. The predicted molar refractivity (Wildman–Crippen MR) is 80.2 cm³/mol. The van der Waals surface area contributed by atoms with Crippen LogP contribution in [0.25, 0.3) is 0 Å². The fraction of sp³-hybridized carbons (Fsp3) is 0.625. The van der Waals surface area contributed by atoms with Crippen molar-refractivity contribution in [3.05, 3.63) is 23.5 Å². The molecule has 0 spiro atoms. The van der Waals surface area contributed by atoms with Crippen molar-refractivity contribution in [2.45, 2.75) is 39.5 Å². The Labute approximate surface area is 125 Å². The van der Waals surface area contributed by atoms with Crippen LogP contribution in [-0.4, -0.2) is 28.1 Å². The summed E-state index contributed by atoms with van der Waals surface area (Å²) < 4.78 is 1.81. The van der Waals surface area contributed by atoms with E-state index in [4.69, 9.17) is 0 Å². The van der Waals surface area contributed by atoms with Crippen molar-refractivity contribution in [3.8, 4) is 0 Å². The molecule has 0 saturated heterocycles. The van der Waals surface area contributed by atoms with Crippen molar-refractivity contribution in [1.82, 2.24) is 9.88 Å². The predicted octanol–water partition coefficient (Wildman–Crippen LogP) is 2.34. The van der Waals surface area contributed by atoms with Crippen LogP contribution in [0.3, 0.4) is 0 Å². The molecule has 0 radical (unpaired) electrons. The van der Waals surface area contributed by atoms with Gasteiger partial charge in [0.2, 0.25) is 0 Å². The average Bonchev–Trinajstić information content (AvgIpc) is 2.78. The first-order valence-corrected chi connectivity index (χ1v) is 7.50. The third-order valence-electron chi connectivity index (χ3n) is 4.88. The topological polar surface area (TPSA) is 71.3 Å². The van der Waals surface area contributed by atoms with Gasteiger partial charge in [-0.25, -0.2) is 0 Å². The molecule has 5 heteroatoms. The molecule has 0 aromatic carbocycles. The molecule has 1 aliphatic rings. The van der Waals surface area contributed by atoms with E-state index in [0.29, 0.717) is 24.5 Å². The Bertz CT molecular complexity index is 540. The number of amides is 1. The van der Waals surface area contributed by atoms with Gasteiger partial charge in [0.25, 0.3) is 5.91 Å². The molecule has 0 aliphatic heterocycles. The van der Waals surface area contributed by atoms with E-state index >= 15 is 0 Å². The van der Waals surface area contributed by atoms with Gasteiger partial charge in [0, 0.05) is 19.3 Å². The van der Waals surface area contributed by atoms with Gasteiger partial charge in [-0.05, 0) is 50.7 Å². The summed E-state index contributed by atoms with van der Waals surface area (Å²) >= 11 is 0. The highest BCUT2D eigenvalue weighted by molar-refractivity contribution is 5.93. The van der Waals surface area contributed by atoms with Crippen molar-refractivity contribution < 1.29 is 14.7 Å². The van der Waals surface area contributed by atoms with E-state index in [-0.39, 0.29) is 12.5 Å². The summed E-state index contributed by atoms with van der Waals surface area (Å²) in [4.78, 5) is 23.9. The minimum Gasteiger partial charge on any atom is -0.481 e. The molecule has 2 N–H and O–H groups in total. The molecule has 5 nitrogen and oxygen atoms in total. The van der Waals surface area contributed by atoms with Crippen LogP contribution in [0.2, 0.25) is 0 Å². The molecule has 0 unspecified atom stereocenters. The van der Waals surface area contributed by atoms with Gasteiger partial charge in [-0.3, -0.25) is 9.59 Å². The van der Waals surface area contributed by atoms with Gasteiger partial charge in [-0.15, -0.1) is 0 Å². The Balaban J connectivity index is 2.04. The molecule has 1 saturated carbocycles. The van der Waals surface area contributed by atoms with Crippen LogP contribution >= 0.6 is 0 Å². The first-order chi connectivity index (χ1) is 9.85. The van der Waals surface area contributed by atoms with E-state index in [1.54, 1.807) is 6.07 Å². The smallest absolute Gasteiger partial charge is 0.311 e. The number of aryl methyl sites for hydroxylation is 1. The van der Waals surface area contributed by atoms with Crippen LogP contribution in [-0.2, 0) is 11.8 Å². The van der Waals surface area contributed by atoms with Gasteiger partial charge in [-0.2, -0.15) is 0 Å². The molecule has 1 amide bonds. The molecule has 1 aromatic heterocycles. The molecule has 1 aliphatic carbocycles. The van der Waals surface area contributed by atoms with Crippen molar-refractivity contribution in [2.75, 3.05) is 6.54 Å². The zero-order valence-electron chi connectivity index (χ0n) is 13.0. The molecule has 1 fully saturated rings. The standard InChI is InChI=1S/C16H24N2O3/c1-11-6-8-16(9-7-11,15(20)21)10-17-14(19)13-5-4-12(2)18(13)3/h4-5,11H,6-10H2,1-3H3,(H,17,19)(H,20,21). The minimum absolute atomic E-state index is 0.204. The van der Waals surface area contributed by atoms with E-state index in [9.17, 15) is 14.7 Å². The van der Waals surface area contributed by atoms with E-state index in [2.05, 4.69) is 12.2 Å². The lowest BCUT2D eigenvalue weighted by molar-refractivity contribution is -0.151. The largest absolute Gasteiger partial charge is 0.481 e. The van der Waals surface area contributed by atoms with Crippen LogP contribution in [0.4, 0.5) is 0 Å². The molecule has 2 rings (SSSR count). The minimum atomic E-state index is -0.803. The zero-order valence-corrected chi connectivity index (χ0v) is 13.0. The summed E-state index contributed by atoms with van der Waals surface area (Å²) in [5.74, 6) is -0.425. The number of carboxylic acid groups (broad SMARTS) is 1. The number of nitrogens with zero attached hydrogens (tertiary/aromatic N) is 1. The molecule has 1 heterocycles. The second-order valence-corrected chi connectivity index (χ2v) is 6.37. The lowest BCUT2D eigenvalue weighted by atomic mass is 9.71. The molecule has 116 valence electrons. The van der Waals surface area contributed by atoms with Crippen molar-refractivity contribution >= 4 is 11.9 Å². The molecule has 21 heavy (non-hydrogen) atoms. The zero-order chi connectivity index (χ0) is 15.6. The van der Waals surface area contributed by atoms with E-state index in [0.717, 1.165) is 18.5 Å². The third-order valence-corrected chi connectivity index (χ3v) is 4.88. The van der Waals surface area contributed by atoms with Gasteiger partial charge in [0.1, 0.15) is 5.69 Å². The summed E-state index contributed by atoms with van der Waals surface area (Å²) in [5, 5.41) is 12.4. The highest BCUT2D eigenvalue weighted by Gasteiger charge is 2.41. The molecular formula is C16H24N2O3. The maximum Gasteiger partial charge on any atom is 0.311 e. The average molecular weight is 292 g/mol. The monoisotopic (exact) mass is 292 g/mol. The third kappa shape index (κ3) is 3.12. The van der Waals surface area contributed by atoms with Gasteiger partial charge in [0.15, 0.2) is 0 Å². The number of carboxylic acids is 1. The highest BCUT2D eigenvalue weighted by Crippen LogP contribution is 2.38. The molecular weight excluding hydrogens is 268 g/mol. The van der Waals surface area contributed by atoms with Crippen LogP contribution in [0.15, 0.2) is 12.1 Å². The van der Waals surface area contributed by atoms with Gasteiger partial charge in [0.05, 0.1) is 5.41 Å². The lowest BCUT2D eigenvalue weighted by Crippen LogP contribution is -2.45. The molecule has 0 bridgehead atoms. The highest BCUT2D eigenvalue weighted by atomic mass is 16.4. The van der Waals surface area contributed by atoms with Crippen molar-refractivity contribution in [1.29, 1.82) is 0 Å². The van der Waals surface area contributed by atoms with E-state index < -0.39 is 11.4 Å². The number of nitrogens with one attached hydrogen (secondary N) is 1. The lowest BCUT2D eigenvalue weighted by Gasteiger charge is -2.35. The summed E-state index contributed by atoms with van der Waals surface area (Å²) in [7, 11) is 1.83. The summed E-state index contributed by atoms with van der Waals surface area (Å²) in [6.07, 6.45) is 3.09. The first-order valence-electron chi connectivity index (χ1n) is 7.50. The Hall–Kier alpha value is -1.78. The Morgan fingerprint density at radius 2 is 2.00 bits per heavy atom. The van der Waals surface area contributed by atoms with Gasteiger partial charge < -0.3 is 15.0 Å². The van der Waals surface area contributed by atoms with Crippen molar-refractivity contribution in [3.63, 3.8) is 0 Å². The van der Waals surface area contributed by atoms with Crippen LogP contribution in [0.5, 0.6) is 0 Å². The van der Waals surface area contributed by atoms with Crippen molar-refractivity contribution in [2.24, 2.45) is 18.4 Å². The van der Waals surface area contributed by atoms with Gasteiger partial charge in [-0.1, -0.05) is 6.92 Å². The number of carbonyl (C=O) groups is 2. The van der Waals surface area contributed by atoms with Gasteiger partial charge >= 0.3 is 5.97 Å². The number of aliphatic carboxylic acids is 1. The second-order valence-electron chi connectivity index (χ2n) is 6.37. The second kappa shape index (κ2) is 5.92. The number of aromatic nitrogens is 1. The summed E-state index contributed by atoms with van der Waals surface area (Å²) in [6.45, 7) is 4.28. The summed E-state index contributed by atoms with van der Waals surface area (Å²) in [5.41, 5.74) is 0.763. The number of hydrogen-bond donors (Lipinski definition) is 2. The number of hydrogen-bond acceptors (Lipinski definition) is 2. The maximum atomic E-state index is 12.2. The molecule has 0 atom stereocenters. The van der Waals surface area contributed by atoms with Crippen LogP contribution in [0.1, 0.15) is 48.8 Å². The molecule has 1 aromatic rings. The fourth-order valence-electron chi connectivity index (χ4n) is 2.96. The fourth-order valence-corrected chi connectivity index (χ4v) is 2.96. The van der Waals surface area contributed by atoms with E-state index in [1.807, 2.05) is 24.6 Å². The first kappa shape index (κ1) is 15.6. The maximum absolute atomic E-state index is 12.2. The number of carbonyl (C=O) groups excluding carboxylic acids is 1. The van der Waals surface area contributed by atoms with Crippen LogP contribution in [0, 0.1) is 18.3 Å². The number of rotatable bonds is 4. The Morgan fingerprint density at radius 3 is 2.48 bits per heavy atom. The SMILES string of the molecule is Cc1ccc(C(=O)NCC2(C(=O)O)CCC(C)CC2)n1C. The van der Waals surface area contributed by atoms with E-state index in [1.165, 1.54) is 0 Å². The normalized spacial score (nSPS) is 25.6. The summed E-state index contributed by atoms with van der Waals surface area (Å²) in [6, 6.07) is 3.64. The van der Waals surface area contributed by atoms with Crippen LogP contribution < -0.4 is 5.32 Å². The Morgan fingerprint density at radius 1 is 1.38 bits per heavy atom.